The third-order valence-electron chi connectivity index (χ3n) is 3.79. The standard InChI is InChI=1S/C19H17ClFN3O/c1-12(20)19(25)23-10-13-2-4-15(5-3-13)18-22-11-17(24-18)14-6-8-16(21)9-7-14/h2-9,11-12H,10H2,1H3,(H,22,24)(H,23,25)/t12-/m0/s1. The van der Waals surface area contributed by atoms with Crippen LogP contribution in [0.15, 0.2) is 54.7 Å². The Morgan fingerprint density at radius 2 is 1.80 bits per heavy atom. The maximum atomic E-state index is 13.0. The Hall–Kier alpha value is -2.66. The van der Waals surface area contributed by atoms with E-state index in [1.807, 2.05) is 24.3 Å². The Labute approximate surface area is 150 Å². The minimum Gasteiger partial charge on any atom is -0.351 e. The fraction of sp³-hybridized carbons (Fsp3) is 0.158. The van der Waals surface area contributed by atoms with Gasteiger partial charge in [0.15, 0.2) is 0 Å². The van der Waals surface area contributed by atoms with Crippen LogP contribution in [0.1, 0.15) is 12.5 Å². The first kappa shape index (κ1) is 17.2. The van der Waals surface area contributed by atoms with Gasteiger partial charge in [-0.2, -0.15) is 0 Å². The second kappa shape index (κ2) is 7.49. The molecule has 0 aliphatic rings. The van der Waals surface area contributed by atoms with Crippen LogP contribution in [0.25, 0.3) is 22.6 Å². The Bertz CT molecular complexity index is 857. The van der Waals surface area contributed by atoms with E-state index in [9.17, 15) is 9.18 Å². The fourth-order valence-electron chi connectivity index (χ4n) is 2.35. The number of amides is 1. The molecule has 1 aromatic heterocycles. The number of carbonyl (C=O) groups is 1. The van der Waals surface area contributed by atoms with Crippen molar-refractivity contribution >= 4 is 17.5 Å². The predicted molar refractivity (Wildman–Crippen MR) is 96.6 cm³/mol. The quantitative estimate of drug-likeness (QED) is 0.675. The smallest absolute Gasteiger partial charge is 0.238 e. The molecule has 1 amide bonds. The molecule has 6 heteroatoms. The largest absolute Gasteiger partial charge is 0.351 e. The first-order chi connectivity index (χ1) is 12.0. The number of aromatic amines is 1. The van der Waals surface area contributed by atoms with Crippen molar-refractivity contribution in [2.75, 3.05) is 0 Å². The highest BCUT2D eigenvalue weighted by molar-refractivity contribution is 6.30. The van der Waals surface area contributed by atoms with Crippen molar-refractivity contribution in [1.29, 1.82) is 0 Å². The lowest BCUT2D eigenvalue weighted by atomic mass is 10.1. The minimum atomic E-state index is -0.549. The van der Waals surface area contributed by atoms with Crippen molar-refractivity contribution in [3.8, 4) is 22.6 Å². The summed E-state index contributed by atoms with van der Waals surface area (Å²) in [5.41, 5.74) is 3.59. The number of nitrogens with zero attached hydrogens (tertiary/aromatic N) is 1. The number of aromatic nitrogens is 2. The lowest BCUT2D eigenvalue weighted by Gasteiger charge is -2.07. The SMILES string of the molecule is C[C@H](Cl)C(=O)NCc1ccc(-c2ncc(-c3ccc(F)cc3)[nH]2)cc1. The summed E-state index contributed by atoms with van der Waals surface area (Å²) in [7, 11) is 0. The van der Waals surface area contributed by atoms with E-state index in [1.54, 1.807) is 25.3 Å². The molecule has 3 rings (SSSR count). The highest BCUT2D eigenvalue weighted by Gasteiger charge is 2.09. The van der Waals surface area contributed by atoms with E-state index in [1.165, 1.54) is 12.1 Å². The summed E-state index contributed by atoms with van der Waals surface area (Å²) in [6, 6.07) is 14.0. The van der Waals surface area contributed by atoms with Gasteiger partial charge >= 0.3 is 0 Å². The molecule has 0 aliphatic carbocycles. The maximum Gasteiger partial charge on any atom is 0.238 e. The molecule has 0 unspecified atom stereocenters. The first-order valence-electron chi connectivity index (χ1n) is 7.85. The lowest BCUT2D eigenvalue weighted by molar-refractivity contribution is -0.120. The van der Waals surface area contributed by atoms with E-state index in [0.29, 0.717) is 6.54 Å². The van der Waals surface area contributed by atoms with Crippen LogP contribution in [0.4, 0.5) is 4.39 Å². The van der Waals surface area contributed by atoms with Crippen LogP contribution in [0.2, 0.25) is 0 Å². The van der Waals surface area contributed by atoms with Gasteiger partial charge in [-0.1, -0.05) is 24.3 Å². The van der Waals surface area contributed by atoms with Gasteiger partial charge in [0.2, 0.25) is 5.91 Å². The number of rotatable bonds is 5. The van der Waals surface area contributed by atoms with Crippen molar-refractivity contribution in [3.63, 3.8) is 0 Å². The zero-order chi connectivity index (χ0) is 17.8. The number of alkyl halides is 1. The van der Waals surface area contributed by atoms with Crippen LogP contribution in [0.3, 0.4) is 0 Å². The molecule has 1 heterocycles. The minimum absolute atomic E-state index is 0.194. The Morgan fingerprint density at radius 3 is 2.44 bits per heavy atom. The number of imidazole rings is 1. The van der Waals surface area contributed by atoms with Crippen LogP contribution in [-0.4, -0.2) is 21.3 Å². The van der Waals surface area contributed by atoms with E-state index in [4.69, 9.17) is 11.6 Å². The van der Waals surface area contributed by atoms with Gasteiger partial charge in [-0.15, -0.1) is 11.6 Å². The van der Waals surface area contributed by atoms with Gasteiger partial charge in [0.1, 0.15) is 17.0 Å². The Morgan fingerprint density at radius 1 is 1.16 bits per heavy atom. The van der Waals surface area contributed by atoms with Crippen LogP contribution in [0.5, 0.6) is 0 Å². The monoisotopic (exact) mass is 357 g/mol. The number of nitrogens with one attached hydrogen (secondary N) is 2. The van der Waals surface area contributed by atoms with Crippen LogP contribution < -0.4 is 5.32 Å². The summed E-state index contributed by atoms with van der Waals surface area (Å²) in [6.07, 6.45) is 1.72. The molecular weight excluding hydrogens is 341 g/mol. The number of hydrogen-bond donors (Lipinski definition) is 2. The zero-order valence-electron chi connectivity index (χ0n) is 13.6. The summed E-state index contributed by atoms with van der Waals surface area (Å²) >= 11 is 5.72. The van der Waals surface area contributed by atoms with Crippen LogP contribution >= 0.6 is 11.6 Å². The summed E-state index contributed by atoms with van der Waals surface area (Å²) in [5, 5.41) is 2.21. The highest BCUT2D eigenvalue weighted by Crippen LogP contribution is 2.22. The van der Waals surface area contributed by atoms with Crippen molar-refractivity contribution in [2.45, 2.75) is 18.8 Å². The van der Waals surface area contributed by atoms with Crippen molar-refractivity contribution in [1.82, 2.24) is 15.3 Å². The van der Waals surface area contributed by atoms with Gasteiger partial charge in [0.05, 0.1) is 11.9 Å². The second-order valence-corrected chi connectivity index (χ2v) is 6.34. The molecule has 25 heavy (non-hydrogen) atoms. The molecule has 4 nitrogen and oxygen atoms in total. The third kappa shape index (κ3) is 4.25. The molecule has 1 atom stereocenters. The molecule has 3 aromatic rings. The van der Waals surface area contributed by atoms with Crippen LogP contribution in [0, 0.1) is 5.82 Å². The van der Waals surface area contributed by atoms with Gasteiger partial charge in [0.25, 0.3) is 0 Å². The third-order valence-corrected chi connectivity index (χ3v) is 3.98. The highest BCUT2D eigenvalue weighted by atomic mass is 35.5. The van der Waals surface area contributed by atoms with E-state index in [-0.39, 0.29) is 11.7 Å². The fourth-order valence-corrected chi connectivity index (χ4v) is 2.43. The normalized spacial score (nSPS) is 12.0. The average molecular weight is 358 g/mol. The molecule has 2 N–H and O–H groups in total. The average Bonchev–Trinajstić information content (AvgIpc) is 3.10. The molecule has 0 spiro atoms. The predicted octanol–water partition coefficient (Wildman–Crippen LogP) is 4.13. The number of H-pyrrole nitrogens is 1. The molecule has 0 saturated carbocycles. The van der Waals surface area contributed by atoms with Gasteiger partial charge in [0, 0.05) is 12.1 Å². The summed E-state index contributed by atoms with van der Waals surface area (Å²) in [6.45, 7) is 2.06. The van der Waals surface area contributed by atoms with Gasteiger partial charge in [-0.3, -0.25) is 4.79 Å². The second-order valence-electron chi connectivity index (χ2n) is 5.68. The topological polar surface area (TPSA) is 57.8 Å². The molecule has 0 radical (unpaired) electrons. The number of halogens is 2. The molecule has 0 saturated heterocycles. The molecule has 128 valence electrons. The summed E-state index contributed by atoms with van der Waals surface area (Å²) < 4.78 is 13.0. The number of carbonyl (C=O) groups excluding carboxylic acids is 1. The van der Waals surface area contributed by atoms with Gasteiger partial charge in [-0.05, 0) is 42.3 Å². The van der Waals surface area contributed by atoms with E-state index >= 15 is 0 Å². The molecule has 2 aromatic carbocycles. The van der Waals surface area contributed by atoms with E-state index in [0.717, 1.165) is 28.2 Å². The molecular formula is C19H17ClFN3O. The molecule has 0 fully saturated rings. The van der Waals surface area contributed by atoms with Gasteiger partial charge < -0.3 is 10.3 Å². The summed E-state index contributed by atoms with van der Waals surface area (Å²) in [4.78, 5) is 19.1. The lowest BCUT2D eigenvalue weighted by Crippen LogP contribution is -2.28. The Kier molecular flexibility index (Phi) is 5.14. The van der Waals surface area contributed by atoms with Crippen molar-refractivity contribution in [2.24, 2.45) is 0 Å². The van der Waals surface area contributed by atoms with E-state index < -0.39 is 5.38 Å². The number of benzene rings is 2. The summed E-state index contributed by atoms with van der Waals surface area (Å²) in [5.74, 6) is 0.264. The van der Waals surface area contributed by atoms with Crippen LogP contribution in [-0.2, 0) is 11.3 Å². The zero-order valence-corrected chi connectivity index (χ0v) is 14.3. The molecule has 0 aliphatic heterocycles. The molecule has 0 bridgehead atoms. The van der Waals surface area contributed by atoms with Crippen molar-refractivity contribution < 1.29 is 9.18 Å². The number of hydrogen-bond acceptors (Lipinski definition) is 2. The van der Waals surface area contributed by atoms with Crippen molar-refractivity contribution in [3.05, 3.63) is 66.1 Å². The Balaban J connectivity index is 1.70. The van der Waals surface area contributed by atoms with Gasteiger partial charge in [-0.25, -0.2) is 9.37 Å². The van der Waals surface area contributed by atoms with E-state index in [2.05, 4.69) is 15.3 Å². The first-order valence-corrected chi connectivity index (χ1v) is 8.28. The maximum absolute atomic E-state index is 13.0.